The predicted octanol–water partition coefficient (Wildman–Crippen LogP) is 0.151. The van der Waals surface area contributed by atoms with Crippen LogP contribution in [0.2, 0.25) is 0 Å². The van der Waals surface area contributed by atoms with Crippen molar-refractivity contribution >= 4 is 27.4 Å². The first-order chi connectivity index (χ1) is 8.21. The zero-order valence-corrected chi connectivity index (χ0v) is 10.6. The Bertz CT molecular complexity index is 564. The van der Waals surface area contributed by atoms with Gasteiger partial charge in [-0.25, -0.2) is 18.2 Å². The molecule has 0 aliphatic heterocycles. The fourth-order valence-corrected chi connectivity index (χ4v) is 1.48. The lowest BCUT2D eigenvalue weighted by molar-refractivity contribution is -0.115. The highest BCUT2D eigenvalue weighted by molar-refractivity contribution is 7.92. The van der Waals surface area contributed by atoms with Crippen LogP contribution in [0.3, 0.4) is 0 Å². The molecule has 1 atom stereocenters. The van der Waals surface area contributed by atoms with Gasteiger partial charge in [0.2, 0.25) is 5.91 Å². The smallest absolute Gasteiger partial charge is 0.354 e. The third-order valence-corrected chi connectivity index (χ3v) is 3.76. The van der Waals surface area contributed by atoms with Gasteiger partial charge in [0.05, 0.1) is 11.9 Å². The molecular formula is C10H12N2O5S. The number of carboxylic acid groups (broad SMARTS) is 1. The standard InChI is InChI=1S/C10H12N2O5S/c1-6(18(2,16)17)9(13)12-7-3-4-8(10(14)15)11-5-7/h3-6H,1-2H3,(H,12,13)(H,14,15). The second-order valence-corrected chi connectivity index (χ2v) is 6.06. The Kier molecular flexibility index (Phi) is 4.02. The number of rotatable bonds is 4. The summed E-state index contributed by atoms with van der Waals surface area (Å²) in [5, 5.41) is 9.78. The Balaban J connectivity index is 2.80. The van der Waals surface area contributed by atoms with Crippen molar-refractivity contribution in [2.45, 2.75) is 12.2 Å². The van der Waals surface area contributed by atoms with Gasteiger partial charge in [0, 0.05) is 6.26 Å². The van der Waals surface area contributed by atoms with Crippen LogP contribution in [0, 0.1) is 0 Å². The Hall–Kier alpha value is -1.96. The number of nitrogens with zero attached hydrogens (tertiary/aromatic N) is 1. The van der Waals surface area contributed by atoms with E-state index in [0.29, 0.717) is 0 Å². The molecule has 0 spiro atoms. The molecule has 7 nitrogen and oxygen atoms in total. The van der Waals surface area contributed by atoms with E-state index in [2.05, 4.69) is 10.3 Å². The molecule has 1 aromatic rings. The highest BCUT2D eigenvalue weighted by atomic mass is 32.2. The fraction of sp³-hybridized carbons (Fsp3) is 0.300. The number of anilines is 1. The first kappa shape index (κ1) is 14.1. The van der Waals surface area contributed by atoms with Crippen molar-refractivity contribution in [3.05, 3.63) is 24.0 Å². The van der Waals surface area contributed by atoms with Crippen LogP contribution < -0.4 is 5.32 Å². The Morgan fingerprint density at radius 2 is 2.00 bits per heavy atom. The number of carbonyl (C=O) groups is 2. The van der Waals surface area contributed by atoms with Crippen molar-refractivity contribution in [3.63, 3.8) is 0 Å². The third-order valence-electron chi connectivity index (χ3n) is 2.26. The molecule has 0 radical (unpaired) electrons. The minimum atomic E-state index is -3.47. The second-order valence-electron chi connectivity index (χ2n) is 3.70. The first-order valence-electron chi connectivity index (χ1n) is 4.91. The Morgan fingerprint density at radius 1 is 1.39 bits per heavy atom. The summed E-state index contributed by atoms with van der Waals surface area (Å²) >= 11 is 0. The number of aromatic nitrogens is 1. The summed E-state index contributed by atoms with van der Waals surface area (Å²) in [5.41, 5.74) is 0.0738. The van der Waals surface area contributed by atoms with Crippen LogP contribution >= 0.6 is 0 Å². The van der Waals surface area contributed by atoms with E-state index in [1.807, 2.05) is 0 Å². The summed E-state index contributed by atoms with van der Waals surface area (Å²) in [6.07, 6.45) is 2.11. The van der Waals surface area contributed by atoms with E-state index in [1.165, 1.54) is 19.1 Å². The molecule has 1 amide bonds. The highest BCUT2D eigenvalue weighted by Crippen LogP contribution is 2.08. The monoisotopic (exact) mass is 272 g/mol. The molecular weight excluding hydrogens is 260 g/mol. The molecule has 0 bridgehead atoms. The molecule has 18 heavy (non-hydrogen) atoms. The molecule has 1 aromatic heterocycles. The van der Waals surface area contributed by atoms with Crippen LogP contribution in [0.4, 0.5) is 5.69 Å². The van der Waals surface area contributed by atoms with Crippen LogP contribution in [0.1, 0.15) is 17.4 Å². The molecule has 0 aliphatic carbocycles. The SMILES string of the molecule is CC(C(=O)Nc1ccc(C(=O)O)nc1)S(C)(=O)=O. The fourth-order valence-electron chi connectivity index (χ4n) is 1.03. The largest absolute Gasteiger partial charge is 0.477 e. The van der Waals surface area contributed by atoms with Crippen LogP contribution in [-0.4, -0.2) is 41.9 Å². The first-order valence-corrected chi connectivity index (χ1v) is 6.86. The lowest BCUT2D eigenvalue weighted by Gasteiger charge is -2.10. The quantitative estimate of drug-likeness (QED) is 0.806. The van der Waals surface area contributed by atoms with E-state index >= 15 is 0 Å². The zero-order valence-electron chi connectivity index (χ0n) is 9.75. The summed E-state index contributed by atoms with van der Waals surface area (Å²) in [4.78, 5) is 25.7. The molecule has 1 rings (SSSR count). The molecule has 0 aromatic carbocycles. The summed E-state index contributed by atoms with van der Waals surface area (Å²) in [5.74, 6) is -1.88. The molecule has 0 fully saturated rings. The van der Waals surface area contributed by atoms with E-state index in [9.17, 15) is 18.0 Å². The lowest BCUT2D eigenvalue weighted by atomic mass is 10.3. The van der Waals surface area contributed by atoms with Crippen LogP contribution in [0.25, 0.3) is 0 Å². The van der Waals surface area contributed by atoms with Gasteiger partial charge in [-0.15, -0.1) is 0 Å². The summed E-state index contributed by atoms with van der Waals surface area (Å²) < 4.78 is 22.3. The molecule has 0 saturated heterocycles. The van der Waals surface area contributed by atoms with Crippen LogP contribution in [0.15, 0.2) is 18.3 Å². The minimum Gasteiger partial charge on any atom is -0.477 e. The summed E-state index contributed by atoms with van der Waals surface area (Å²) in [7, 11) is -3.47. The number of carboxylic acids is 1. The highest BCUT2D eigenvalue weighted by Gasteiger charge is 2.23. The average Bonchev–Trinajstić information content (AvgIpc) is 2.27. The van der Waals surface area contributed by atoms with E-state index in [1.54, 1.807) is 0 Å². The number of carbonyl (C=O) groups excluding carboxylic acids is 1. The van der Waals surface area contributed by atoms with E-state index in [-0.39, 0.29) is 11.4 Å². The number of aromatic carboxylic acids is 1. The van der Waals surface area contributed by atoms with Crippen molar-refractivity contribution in [3.8, 4) is 0 Å². The molecule has 1 unspecified atom stereocenters. The molecule has 98 valence electrons. The minimum absolute atomic E-state index is 0.163. The maximum atomic E-state index is 11.5. The number of pyridine rings is 1. The number of hydrogen-bond donors (Lipinski definition) is 2. The molecule has 0 saturated carbocycles. The normalized spacial score (nSPS) is 12.8. The van der Waals surface area contributed by atoms with Crippen molar-refractivity contribution in [2.24, 2.45) is 0 Å². The van der Waals surface area contributed by atoms with Gasteiger partial charge in [0.15, 0.2) is 9.84 Å². The number of sulfone groups is 1. The molecule has 0 aliphatic rings. The van der Waals surface area contributed by atoms with Crippen molar-refractivity contribution < 1.29 is 23.1 Å². The Labute approximate surface area is 104 Å². The lowest BCUT2D eigenvalue weighted by Crippen LogP contribution is -2.31. The predicted molar refractivity (Wildman–Crippen MR) is 64.1 cm³/mol. The Morgan fingerprint density at radius 3 is 2.39 bits per heavy atom. The van der Waals surface area contributed by atoms with Crippen molar-refractivity contribution in [1.82, 2.24) is 4.98 Å². The van der Waals surface area contributed by atoms with Crippen molar-refractivity contribution in [1.29, 1.82) is 0 Å². The van der Waals surface area contributed by atoms with Gasteiger partial charge >= 0.3 is 5.97 Å². The molecule has 8 heteroatoms. The van der Waals surface area contributed by atoms with Gasteiger partial charge < -0.3 is 10.4 Å². The van der Waals surface area contributed by atoms with Crippen molar-refractivity contribution in [2.75, 3.05) is 11.6 Å². The summed E-state index contributed by atoms with van der Waals surface area (Å²) in [6.45, 7) is 1.27. The average molecular weight is 272 g/mol. The van der Waals surface area contributed by atoms with Gasteiger partial charge in [-0.2, -0.15) is 0 Å². The molecule has 1 heterocycles. The van der Waals surface area contributed by atoms with E-state index in [4.69, 9.17) is 5.11 Å². The number of nitrogens with one attached hydrogen (secondary N) is 1. The van der Waals surface area contributed by atoms with E-state index < -0.39 is 27.0 Å². The topological polar surface area (TPSA) is 113 Å². The van der Waals surface area contributed by atoms with Gasteiger partial charge in [0.25, 0.3) is 0 Å². The van der Waals surface area contributed by atoms with Gasteiger partial charge in [-0.3, -0.25) is 4.79 Å². The van der Waals surface area contributed by atoms with Gasteiger partial charge in [-0.05, 0) is 19.1 Å². The van der Waals surface area contributed by atoms with E-state index in [0.717, 1.165) is 12.5 Å². The van der Waals surface area contributed by atoms with Crippen LogP contribution in [0.5, 0.6) is 0 Å². The third kappa shape index (κ3) is 3.52. The number of amides is 1. The van der Waals surface area contributed by atoms with Gasteiger partial charge in [0.1, 0.15) is 10.9 Å². The second kappa shape index (κ2) is 5.13. The number of hydrogen-bond acceptors (Lipinski definition) is 5. The zero-order chi connectivity index (χ0) is 13.9. The maximum absolute atomic E-state index is 11.5. The van der Waals surface area contributed by atoms with Gasteiger partial charge in [-0.1, -0.05) is 0 Å². The molecule has 2 N–H and O–H groups in total. The van der Waals surface area contributed by atoms with Crippen LogP contribution in [-0.2, 0) is 14.6 Å². The maximum Gasteiger partial charge on any atom is 0.354 e. The summed E-state index contributed by atoms with van der Waals surface area (Å²) in [6, 6.07) is 2.55.